The molecule has 0 fully saturated rings. The van der Waals surface area contributed by atoms with Crippen LogP contribution >= 0.6 is 0 Å². The van der Waals surface area contributed by atoms with Gasteiger partial charge in [0, 0.05) is 11.6 Å². The van der Waals surface area contributed by atoms with Gasteiger partial charge in [-0.25, -0.2) is 0 Å². The largest absolute Gasteiger partial charge is 0.485 e. The van der Waals surface area contributed by atoms with Crippen LogP contribution in [-0.2, 0) is 4.79 Å². The van der Waals surface area contributed by atoms with Gasteiger partial charge >= 0.3 is 0 Å². The molecule has 1 amide bonds. The topological polar surface area (TPSA) is 60.5 Å². The van der Waals surface area contributed by atoms with Crippen LogP contribution in [0.25, 0.3) is 10.9 Å². The number of fused-ring (bicyclic) bond motifs is 2. The second kappa shape index (κ2) is 5.61. The van der Waals surface area contributed by atoms with Crippen LogP contribution in [0.5, 0.6) is 11.5 Å². The highest BCUT2D eigenvalue weighted by Crippen LogP contribution is 2.31. The number of nitrogens with one attached hydrogen (secondary N) is 1. The molecule has 1 unspecified atom stereocenters. The Morgan fingerprint density at radius 1 is 1.04 bits per heavy atom. The van der Waals surface area contributed by atoms with Crippen LogP contribution in [0.15, 0.2) is 60.8 Å². The smallest absolute Gasteiger partial charge is 0.269 e. The summed E-state index contributed by atoms with van der Waals surface area (Å²) in [6, 6.07) is 16.7. The van der Waals surface area contributed by atoms with Gasteiger partial charge in [0.2, 0.25) is 6.10 Å². The van der Waals surface area contributed by atoms with Crippen molar-refractivity contribution in [3.05, 3.63) is 60.8 Å². The lowest BCUT2D eigenvalue weighted by atomic mass is 10.1. The van der Waals surface area contributed by atoms with E-state index >= 15 is 0 Å². The summed E-state index contributed by atoms with van der Waals surface area (Å²) in [5.41, 5.74) is 1.54. The number of hydrogen-bond donors (Lipinski definition) is 1. The van der Waals surface area contributed by atoms with Crippen molar-refractivity contribution in [3.8, 4) is 11.5 Å². The molecule has 0 spiro atoms. The molecule has 1 atom stereocenters. The molecule has 3 aromatic rings. The molecule has 4 rings (SSSR count). The number of amides is 1. The van der Waals surface area contributed by atoms with Gasteiger partial charge < -0.3 is 14.8 Å². The molecule has 23 heavy (non-hydrogen) atoms. The van der Waals surface area contributed by atoms with Gasteiger partial charge in [0.25, 0.3) is 5.91 Å². The van der Waals surface area contributed by atoms with Gasteiger partial charge in [0.1, 0.15) is 6.61 Å². The zero-order valence-corrected chi connectivity index (χ0v) is 12.2. The Balaban J connectivity index is 1.56. The lowest BCUT2D eigenvalue weighted by Crippen LogP contribution is -2.40. The number of rotatable bonds is 2. The van der Waals surface area contributed by atoms with Gasteiger partial charge in [-0.3, -0.25) is 9.78 Å². The molecule has 0 saturated carbocycles. The monoisotopic (exact) mass is 306 g/mol. The first-order valence-corrected chi connectivity index (χ1v) is 7.34. The molecule has 0 radical (unpaired) electrons. The summed E-state index contributed by atoms with van der Waals surface area (Å²) in [6.45, 7) is 0.186. The van der Waals surface area contributed by atoms with E-state index in [0.29, 0.717) is 17.2 Å². The molecule has 114 valence electrons. The number of hydrogen-bond acceptors (Lipinski definition) is 4. The molecule has 2 aromatic carbocycles. The van der Waals surface area contributed by atoms with Gasteiger partial charge in [-0.05, 0) is 36.4 Å². The predicted octanol–water partition coefficient (Wildman–Crippen LogP) is 3.01. The van der Waals surface area contributed by atoms with Crippen molar-refractivity contribution < 1.29 is 14.3 Å². The molecular weight excluding hydrogens is 292 g/mol. The summed E-state index contributed by atoms with van der Waals surface area (Å²) in [5, 5.41) is 3.79. The fourth-order valence-electron chi connectivity index (χ4n) is 2.57. The first-order valence-electron chi connectivity index (χ1n) is 7.34. The number of carbonyl (C=O) groups excluding carboxylic acids is 1. The minimum absolute atomic E-state index is 0.186. The number of ether oxygens (including phenoxy) is 2. The van der Waals surface area contributed by atoms with Crippen molar-refractivity contribution in [2.45, 2.75) is 6.10 Å². The quantitative estimate of drug-likeness (QED) is 0.790. The molecule has 0 saturated heterocycles. The third-order valence-corrected chi connectivity index (χ3v) is 3.70. The molecule has 1 aliphatic rings. The van der Waals surface area contributed by atoms with Crippen molar-refractivity contribution in [2.24, 2.45) is 0 Å². The third kappa shape index (κ3) is 2.57. The summed E-state index contributed by atoms with van der Waals surface area (Å²) in [5.74, 6) is 1.00. The standard InChI is InChI=1S/C18H14N2O3/c21-18(17-11-22-15-8-1-2-9-16(15)23-17)20-14-7-3-6-13-12(14)5-4-10-19-13/h1-10,17H,11H2,(H,20,21). The Labute approximate surface area is 132 Å². The van der Waals surface area contributed by atoms with E-state index in [2.05, 4.69) is 10.3 Å². The summed E-state index contributed by atoms with van der Waals surface area (Å²) in [4.78, 5) is 16.8. The van der Waals surface area contributed by atoms with Crippen LogP contribution in [0.1, 0.15) is 0 Å². The predicted molar refractivity (Wildman–Crippen MR) is 86.7 cm³/mol. The highest BCUT2D eigenvalue weighted by molar-refractivity contribution is 6.02. The van der Waals surface area contributed by atoms with Crippen LogP contribution in [0.2, 0.25) is 0 Å². The maximum Gasteiger partial charge on any atom is 0.269 e. The number of para-hydroxylation sites is 2. The highest BCUT2D eigenvalue weighted by atomic mass is 16.6. The minimum Gasteiger partial charge on any atom is -0.485 e. The van der Waals surface area contributed by atoms with Crippen molar-refractivity contribution >= 4 is 22.5 Å². The maximum atomic E-state index is 12.5. The molecule has 1 N–H and O–H groups in total. The van der Waals surface area contributed by atoms with Crippen LogP contribution in [-0.4, -0.2) is 23.6 Å². The van der Waals surface area contributed by atoms with E-state index in [1.807, 2.05) is 48.5 Å². The Hall–Kier alpha value is -3.08. The lowest BCUT2D eigenvalue weighted by Gasteiger charge is -2.25. The molecule has 0 bridgehead atoms. The second-order valence-electron chi connectivity index (χ2n) is 5.23. The van der Waals surface area contributed by atoms with Crippen molar-refractivity contribution in [1.29, 1.82) is 0 Å². The van der Waals surface area contributed by atoms with E-state index in [1.54, 1.807) is 12.3 Å². The van der Waals surface area contributed by atoms with E-state index in [1.165, 1.54) is 0 Å². The molecule has 1 aliphatic heterocycles. The van der Waals surface area contributed by atoms with Crippen molar-refractivity contribution in [1.82, 2.24) is 4.98 Å². The summed E-state index contributed by atoms with van der Waals surface area (Å²) in [6.07, 6.45) is 1.04. The molecular formula is C18H14N2O3. The second-order valence-corrected chi connectivity index (χ2v) is 5.23. The van der Waals surface area contributed by atoms with Crippen LogP contribution in [0, 0.1) is 0 Å². The van der Waals surface area contributed by atoms with Crippen LogP contribution < -0.4 is 14.8 Å². The zero-order valence-electron chi connectivity index (χ0n) is 12.2. The third-order valence-electron chi connectivity index (χ3n) is 3.70. The summed E-state index contributed by atoms with van der Waals surface area (Å²) >= 11 is 0. The van der Waals surface area contributed by atoms with Crippen LogP contribution in [0.3, 0.4) is 0 Å². The lowest BCUT2D eigenvalue weighted by molar-refractivity contribution is -0.125. The molecule has 2 heterocycles. The number of pyridine rings is 1. The van der Waals surface area contributed by atoms with E-state index in [0.717, 1.165) is 10.9 Å². The van der Waals surface area contributed by atoms with Gasteiger partial charge in [0.05, 0.1) is 11.2 Å². The SMILES string of the molecule is O=C(Nc1cccc2ncccc12)C1COc2ccccc2O1. The van der Waals surface area contributed by atoms with E-state index in [4.69, 9.17) is 9.47 Å². The zero-order chi connectivity index (χ0) is 15.6. The first-order chi connectivity index (χ1) is 11.3. The highest BCUT2D eigenvalue weighted by Gasteiger charge is 2.27. The Kier molecular flexibility index (Phi) is 3.31. The normalized spacial score (nSPS) is 16.1. The Morgan fingerprint density at radius 3 is 2.83 bits per heavy atom. The van der Waals surface area contributed by atoms with Crippen LogP contribution in [0.4, 0.5) is 5.69 Å². The van der Waals surface area contributed by atoms with Gasteiger partial charge in [-0.1, -0.05) is 18.2 Å². The average Bonchev–Trinajstić information content (AvgIpc) is 2.61. The van der Waals surface area contributed by atoms with E-state index in [-0.39, 0.29) is 12.5 Å². The molecule has 5 nitrogen and oxygen atoms in total. The number of aromatic nitrogens is 1. The number of benzene rings is 2. The average molecular weight is 306 g/mol. The van der Waals surface area contributed by atoms with E-state index < -0.39 is 6.10 Å². The molecule has 1 aromatic heterocycles. The Morgan fingerprint density at radius 2 is 1.91 bits per heavy atom. The minimum atomic E-state index is -0.683. The first kappa shape index (κ1) is 13.6. The Bertz CT molecular complexity index is 874. The van der Waals surface area contributed by atoms with Gasteiger partial charge in [-0.15, -0.1) is 0 Å². The van der Waals surface area contributed by atoms with Crippen molar-refractivity contribution in [3.63, 3.8) is 0 Å². The number of anilines is 1. The summed E-state index contributed by atoms with van der Waals surface area (Å²) < 4.78 is 11.3. The van der Waals surface area contributed by atoms with Gasteiger partial charge in [-0.2, -0.15) is 0 Å². The van der Waals surface area contributed by atoms with Crippen molar-refractivity contribution in [2.75, 3.05) is 11.9 Å². The maximum absolute atomic E-state index is 12.5. The molecule has 5 heteroatoms. The summed E-state index contributed by atoms with van der Waals surface area (Å²) in [7, 11) is 0. The molecule has 0 aliphatic carbocycles. The van der Waals surface area contributed by atoms with Gasteiger partial charge in [0.15, 0.2) is 11.5 Å². The number of nitrogens with zero attached hydrogens (tertiary/aromatic N) is 1. The fraction of sp³-hybridized carbons (Fsp3) is 0.111. The number of carbonyl (C=O) groups is 1. The van der Waals surface area contributed by atoms with E-state index in [9.17, 15) is 4.79 Å². The fourth-order valence-corrected chi connectivity index (χ4v) is 2.57.